The number of methoxy groups -OCH3 is 1. The molecule has 0 amide bonds. The SMILES string of the molecule is COCC(c1c[nH]c2cccc(COC(C)=O)c12)C(N)C(=O)O. The Hall–Kier alpha value is -2.38. The highest BCUT2D eigenvalue weighted by Crippen LogP contribution is 2.31. The van der Waals surface area contributed by atoms with E-state index in [1.807, 2.05) is 18.2 Å². The number of hydrogen-bond acceptors (Lipinski definition) is 5. The summed E-state index contributed by atoms with van der Waals surface area (Å²) in [6.45, 7) is 1.62. The fraction of sp³-hybridized carbons (Fsp3) is 0.375. The molecule has 4 N–H and O–H groups in total. The summed E-state index contributed by atoms with van der Waals surface area (Å²) in [7, 11) is 1.50. The predicted octanol–water partition coefficient (Wildman–Crippen LogP) is 1.37. The van der Waals surface area contributed by atoms with Crippen LogP contribution in [0.15, 0.2) is 24.4 Å². The van der Waals surface area contributed by atoms with Crippen LogP contribution in [0.2, 0.25) is 0 Å². The van der Waals surface area contributed by atoms with Gasteiger partial charge in [0.25, 0.3) is 0 Å². The Labute approximate surface area is 133 Å². The second-order valence-electron chi connectivity index (χ2n) is 5.29. The van der Waals surface area contributed by atoms with E-state index in [2.05, 4.69) is 4.98 Å². The number of aromatic nitrogens is 1. The molecule has 0 bridgehead atoms. The number of hydrogen-bond donors (Lipinski definition) is 3. The number of aliphatic carboxylic acids is 1. The number of benzene rings is 1. The molecule has 0 aliphatic carbocycles. The molecule has 2 rings (SSSR count). The second kappa shape index (κ2) is 7.26. The van der Waals surface area contributed by atoms with Gasteiger partial charge in [0.1, 0.15) is 12.6 Å². The number of esters is 1. The third-order valence-electron chi connectivity index (χ3n) is 3.72. The van der Waals surface area contributed by atoms with Crippen molar-refractivity contribution in [2.24, 2.45) is 5.73 Å². The van der Waals surface area contributed by atoms with Gasteiger partial charge in [0.2, 0.25) is 0 Å². The number of aromatic amines is 1. The zero-order valence-electron chi connectivity index (χ0n) is 13.0. The van der Waals surface area contributed by atoms with Crippen LogP contribution in [0.5, 0.6) is 0 Å². The first-order valence-electron chi connectivity index (χ1n) is 7.15. The number of H-pyrrole nitrogens is 1. The van der Waals surface area contributed by atoms with Crippen LogP contribution in [0.3, 0.4) is 0 Å². The zero-order chi connectivity index (χ0) is 17.0. The minimum Gasteiger partial charge on any atom is -0.480 e. The van der Waals surface area contributed by atoms with Crippen molar-refractivity contribution in [2.45, 2.75) is 25.5 Å². The van der Waals surface area contributed by atoms with Crippen molar-refractivity contribution in [3.63, 3.8) is 0 Å². The Bertz CT molecular complexity index is 710. The van der Waals surface area contributed by atoms with Gasteiger partial charge in [-0.1, -0.05) is 12.1 Å². The molecule has 1 aromatic carbocycles. The average Bonchev–Trinajstić information content (AvgIpc) is 2.94. The van der Waals surface area contributed by atoms with Crippen LogP contribution in [0.1, 0.15) is 24.0 Å². The van der Waals surface area contributed by atoms with Crippen molar-refractivity contribution in [3.05, 3.63) is 35.5 Å². The van der Waals surface area contributed by atoms with Crippen LogP contribution >= 0.6 is 0 Å². The highest BCUT2D eigenvalue weighted by Gasteiger charge is 2.28. The largest absolute Gasteiger partial charge is 0.480 e. The molecule has 7 nitrogen and oxygen atoms in total. The summed E-state index contributed by atoms with van der Waals surface area (Å²) < 4.78 is 10.2. The van der Waals surface area contributed by atoms with Gasteiger partial charge in [-0.05, 0) is 17.2 Å². The number of nitrogens with one attached hydrogen (secondary N) is 1. The number of carbonyl (C=O) groups is 2. The Morgan fingerprint density at radius 1 is 1.39 bits per heavy atom. The molecular formula is C16H20N2O5. The summed E-state index contributed by atoms with van der Waals surface area (Å²) in [6.07, 6.45) is 1.73. The summed E-state index contributed by atoms with van der Waals surface area (Å²) in [6, 6.07) is 4.44. The summed E-state index contributed by atoms with van der Waals surface area (Å²) in [5, 5.41) is 10.0. The third-order valence-corrected chi connectivity index (χ3v) is 3.72. The fourth-order valence-electron chi connectivity index (χ4n) is 2.62. The van der Waals surface area contributed by atoms with Gasteiger partial charge >= 0.3 is 11.9 Å². The summed E-state index contributed by atoms with van der Waals surface area (Å²) in [5.74, 6) is -2.00. The molecular weight excluding hydrogens is 300 g/mol. The van der Waals surface area contributed by atoms with E-state index in [0.717, 1.165) is 22.0 Å². The van der Waals surface area contributed by atoms with E-state index in [-0.39, 0.29) is 19.2 Å². The number of carbonyl (C=O) groups excluding carboxylic acids is 1. The van der Waals surface area contributed by atoms with Gasteiger partial charge in [0.15, 0.2) is 0 Å². The van der Waals surface area contributed by atoms with Crippen LogP contribution in [0.4, 0.5) is 0 Å². The van der Waals surface area contributed by atoms with Crippen LogP contribution in [0.25, 0.3) is 10.9 Å². The number of rotatable bonds is 7. The number of ether oxygens (including phenoxy) is 2. The van der Waals surface area contributed by atoms with Gasteiger partial charge in [-0.2, -0.15) is 0 Å². The van der Waals surface area contributed by atoms with Crippen molar-refractivity contribution in [1.29, 1.82) is 0 Å². The molecule has 1 heterocycles. The first kappa shape index (κ1) is 17.0. The maximum absolute atomic E-state index is 11.3. The Morgan fingerprint density at radius 3 is 2.74 bits per heavy atom. The summed E-state index contributed by atoms with van der Waals surface area (Å²) >= 11 is 0. The van der Waals surface area contributed by atoms with Crippen molar-refractivity contribution in [2.75, 3.05) is 13.7 Å². The Kier molecular flexibility index (Phi) is 5.36. The monoisotopic (exact) mass is 320 g/mol. The quantitative estimate of drug-likeness (QED) is 0.664. The normalized spacial score (nSPS) is 13.7. The standard InChI is InChI=1S/C16H20N2O5/c1-9(19)23-7-10-4-3-5-13-14(10)11(6-18-13)12(8-22-2)15(17)16(20)21/h3-6,12,15,18H,7-8,17H2,1-2H3,(H,20,21). The van der Waals surface area contributed by atoms with Crippen LogP contribution in [-0.4, -0.2) is 41.8 Å². The number of fused-ring (bicyclic) bond motifs is 1. The van der Waals surface area contributed by atoms with Gasteiger partial charge in [0.05, 0.1) is 6.61 Å². The fourth-order valence-corrected chi connectivity index (χ4v) is 2.62. The maximum Gasteiger partial charge on any atom is 0.321 e. The molecule has 0 fully saturated rings. The van der Waals surface area contributed by atoms with Crippen molar-refractivity contribution < 1.29 is 24.2 Å². The molecule has 23 heavy (non-hydrogen) atoms. The number of nitrogens with two attached hydrogens (primary N) is 1. The van der Waals surface area contributed by atoms with Crippen molar-refractivity contribution >= 4 is 22.8 Å². The summed E-state index contributed by atoms with van der Waals surface area (Å²) in [5.41, 5.74) is 8.17. The molecule has 2 aromatic rings. The molecule has 0 spiro atoms. The van der Waals surface area contributed by atoms with E-state index in [1.165, 1.54) is 14.0 Å². The zero-order valence-corrected chi connectivity index (χ0v) is 13.0. The molecule has 1 aromatic heterocycles. The molecule has 2 unspecified atom stereocenters. The number of carboxylic acids is 1. The first-order valence-corrected chi connectivity index (χ1v) is 7.15. The molecule has 124 valence electrons. The van der Waals surface area contributed by atoms with Crippen LogP contribution in [0, 0.1) is 0 Å². The lowest BCUT2D eigenvalue weighted by molar-refractivity contribution is -0.142. The highest BCUT2D eigenvalue weighted by molar-refractivity contribution is 5.88. The van der Waals surface area contributed by atoms with Gasteiger partial charge in [0, 0.05) is 37.1 Å². The van der Waals surface area contributed by atoms with Gasteiger partial charge in [-0.3, -0.25) is 9.59 Å². The van der Waals surface area contributed by atoms with E-state index in [1.54, 1.807) is 6.20 Å². The lowest BCUT2D eigenvalue weighted by atomic mass is 9.90. The smallest absolute Gasteiger partial charge is 0.321 e. The second-order valence-corrected chi connectivity index (χ2v) is 5.29. The van der Waals surface area contributed by atoms with Crippen molar-refractivity contribution in [3.8, 4) is 0 Å². The molecule has 0 aliphatic rings. The topological polar surface area (TPSA) is 115 Å². The Morgan fingerprint density at radius 2 is 2.13 bits per heavy atom. The molecule has 7 heteroatoms. The van der Waals surface area contributed by atoms with E-state index in [0.29, 0.717) is 0 Å². The number of carboxylic acid groups (broad SMARTS) is 1. The van der Waals surface area contributed by atoms with Crippen molar-refractivity contribution in [1.82, 2.24) is 4.98 Å². The lowest BCUT2D eigenvalue weighted by Gasteiger charge is -2.20. The first-order chi connectivity index (χ1) is 11.0. The molecule has 0 saturated heterocycles. The van der Waals surface area contributed by atoms with Gasteiger partial charge < -0.3 is 25.3 Å². The van der Waals surface area contributed by atoms with Crippen LogP contribution in [-0.2, 0) is 25.7 Å². The van der Waals surface area contributed by atoms with Gasteiger partial charge in [-0.25, -0.2) is 0 Å². The average molecular weight is 320 g/mol. The van der Waals surface area contributed by atoms with E-state index >= 15 is 0 Å². The van der Waals surface area contributed by atoms with Gasteiger partial charge in [-0.15, -0.1) is 0 Å². The molecule has 0 aliphatic heterocycles. The third kappa shape index (κ3) is 3.69. The Balaban J connectivity index is 2.50. The lowest BCUT2D eigenvalue weighted by Crippen LogP contribution is -2.38. The van der Waals surface area contributed by atoms with Crippen LogP contribution < -0.4 is 5.73 Å². The highest BCUT2D eigenvalue weighted by atomic mass is 16.5. The molecule has 2 atom stereocenters. The molecule has 0 saturated carbocycles. The minimum atomic E-state index is -1.10. The van der Waals surface area contributed by atoms with E-state index < -0.39 is 17.9 Å². The van der Waals surface area contributed by atoms with E-state index in [9.17, 15) is 14.7 Å². The summed E-state index contributed by atoms with van der Waals surface area (Å²) in [4.78, 5) is 25.5. The van der Waals surface area contributed by atoms with E-state index in [4.69, 9.17) is 15.2 Å². The molecule has 0 radical (unpaired) electrons. The maximum atomic E-state index is 11.3. The predicted molar refractivity (Wildman–Crippen MR) is 84.0 cm³/mol. The minimum absolute atomic E-state index is 0.111.